The molecule has 0 spiro atoms. The average Bonchev–Trinajstić information content (AvgIpc) is 3.07. The van der Waals surface area contributed by atoms with Crippen LogP contribution in [0.5, 0.6) is 5.75 Å². The summed E-state index contributed by atoms with van der Waals surface area (Å²) in [5.74, 6) is 0.305. The van der Waals surface area contributed by atoms with Gasteiger partial charge < -0.3 is 10.1 Å². The van der Waals surface area contributed by atoms with Gasteiger partial charge in [0.25, 0.3) is 0 Å². The summed E-state index contributed by atoms with van der Waals surface area (Å²) in [6.45, 7) is 0. The van der Waals surface area contributed by atoms with E-state index in [4.69, 9.17) is 13.0 Å². The minimum Gasteiger partial charge on any atom is -0.508 e. The van der Waals surface area contributed by atoms with Crippen LogP contribution in [0.15, 0.2) is 78.9 Å². The number of benzene rings is 3. The predicted octanol–water partition coefficient (Wildman–Crippen LogP) is 5.45. The Morgan fingerprint density at radius 3 is 1.91 bits per heavy atom. The smallest absolute Gasteiger partial charge is 0.508 e. The molecular formula is C23H20F3NO4S. The zero-order valence-corrected chi connectivity index (χ0v) is 17.5. The first kappa shape index (κ1) is 23.4. The van der Waals surface area contributed by atoms with E-state index in [-0.39, 0.29) is 0 Å². The Morgan fingerprint density at radius 1 is 0.781 bits per heavy atom. The van der Waals surface area contributed by atoms with Gasteiger partial charge in [0.05, 0.1) is 0 Å². The van der Waals surface area contributed by atoms with Gasteiger partial charge >= 0.3 is 15.6 Å². The first-order chi connectivity index (χ1) is 15.0. The number of para-hydroxylation sites is 1. The van der Waals surface area contributed by atoms with Gasteiger partial charge in [-0.25, -0.2) is 0 Å². The van der Waals surface area contributed by atoms with Crippen molar-refractivity contribution in [3.8, 4) is 5.75 Å². The molecule has 3 aromatic carbocycles. The predicted molar refractivity (Wildman–Crippen MR) is 116 cm³/mol. The lowest BCUT2D eigenvalue weighted by Crippen LogP contribution is -2.21. The number of halogens is 3. The fraction of sp³-hybridized carbons (Fsp3) is 0.130. The third-order valence-corrected chi connectivity index (χ3v) is 5.32. The topological polar surface area (TPSA) is 90.4 Å². The summed E-state index contributed by atoms with van der Waals surface area (Å²) in [6.07, 6.45) is 1.75. The van der Waals surface area contributed by atoms with Gasteiger partial charge in [-0.05, 0) is 41.3 Å². The molecular weight excluding hydrogens is 443 g/mol. The molecule has 0 saturated heterocycles. The Labute approximate surface area is 182 Å². The molecule has 3 N–H and O–H groups in total. The van der Waals surface area contributed by atoms with E-state index in [0.29, 0.717) is 5.75 Å². The number of rotatable bonds is 4. The molecule has 5 nitrogen and oxygen atoms in total. The highest BCUT2D eigenvalue weighted by Crippen LogP contribution is 2.27. The van der Waals surface area contributed by atoms with Gasteiger partial charge in [0.2, 0.25) is 0 Å². The largest absolute Gasteiger partial charge is 0.522 e. The summed E-state index contributed by atoms with van der Waals surface area (Å²) in [5, 5.41) is 10.8. The number of nitrogens with one attached hydrogen (secondary N) is 1. The molecule has 0 aliphatic rings. The average molecular weight is 463 g/mol. The van der Waals surface area contributed by atoms with Crippen molar-refractivity contribution in [3.63, 3.8) is 0 Å². The maximum Gasteiger partial charge on any atom is 0.522 e. The summed E-state index contributed by atoms with van der Waals surface area (Å²) < 4.78 is 57.5. The van der Waals surface area contributed by atoms with E-state index >= 15 is 0 Å². The highest BCUT2D eigenvalue weighted by atomic mass is 32.2. The SMILES string of the molecule is O=S(=O)(O)C(F)(F)F.Oc1ccc(Cc2[nH]c3ccccc3c2Cc2ccccc2)cc1. The van der Waals surface area contributed by atoms with Crippen molar-refractivity contribution >= 4 is 21.0 Å². The molecule has 0 fully saturated rings. The van der Waals surface area contributed by atoms with Gasteiger partial charge in [-0.15, -0.1) is 0 Å². The zero-order valence-electron chi connectivity index (χ0n) is 16.7. The standard InChI is InChI=1S/C22H19NO.CHF3O3S/c24-18-12-10-17(11-13-18)15-22-20(14-16-6-2-1-3-7-16)19-8-4-5-9-21(19)23-22;2-1(3,4)8(5,6)7/h1-13,23-24H,14-15H2;(H,5,6,7). The number of aromatic amines is 1. The van der Waals surface area contributed by atoms with E-state index in [9.17, 15) is 18.3 Å². The third-order valence-electron chi connectivity index (χ3n) is 4.74. The van der Waals surface area contributed by atoms with Crippen molar-refractivity contribution in [2.24, 2.45) is 0 Å². The van der Waals surface area contributed by atoms with Crippen LogP contribution >= 0.6 is 0 Å². The molecule has 0 unspecified atom stereocenters. The van der Waals surface area contributed by atoms with E-state index in [1.165, 1.54) is 33.3 Å². The van der Waals surface area contributed by atoms with Crippen molar-refractivity contribution in [1.82, 2.24) is 4.98 Å². The maximum atomic E-state index is 10.7. The van der Waals surface area contributed by atoms with Crippen LogP contribution < -0.4 is 0 Å². The molecule has 0 radical (unpaired) electrons. The molecule has 4 aromatic rings. The van der Waals surface area contributed by atoms with Crippen LogP contribution in [0, 0.1) is 0 Å². The normalized spacial score (nSPS) is 11.8. The van der Waals surface area contributed by atoms with E-state index < -0.39 is 15.6 Å². The van der Waals surface area contributed by atoms with Crippen molar-refractivity contribution in [1.29, 1.82) is 0 Å². The lowest BCUT2D eigenvalue weighted by molar-refractivity contribution is -0.0510. The third kappa shape index (κ3) is 5.89. The molecule has 0 amide bonds. The number of hydrogen-bond donors (Lipinski definition) is 3. The van der Waals surface area contributed by atoms with Gasteiger partial charge in [0, 0.05) is 23.0 Å². The van der Waals surface area contributed by atoms with E-state index in [1.807, 2.05) is 12.1 Å². The first-order valence-corrected chi connectivity index (χ1v) is 10.9. The molecule has 0 aliphatic heterocycles. The first-order valence-electron chi connectivity index (χ1n) is 9.48. The fourth-order valence-electron chi connectivity index (χ4n) is 3.23. The minimum atomic E-state index is -5.84. The number of hydrogen-bond acceptors (Lipinski definition) is 3. The molecule has 4 rings (SSSR count). The molecule has 1 heterocycles. The van der Waals surface area contributed by atoms with Gasteiger partial charge in [0.15, 0.2) is 0 Å². The van der Waals surface area contributed by atoms with Crippen LogP contribution in [0.1, 0.15) is 22.4 Å². The molecule has 1 aromatic heterocycles. The second kappa shape index (κ2) is 9.46. The number of H-pyrrole nitrogens is 1. The summed E-state index contributed by atoms with van der Waals surface area (Å²) in [5.41, 5.74) is 0.739. The van der Waals surface area contributed by atoms with E-state index in [2.05, 4.69) is 59.6 Å². The van der Waals surface area contributed by atoms with Crippen LogP contribution in [0.25, 0.3) is 10.9 Å². The van der Waals surface area contributed by atoms with Crippen molar-refractivity contribution in [2.45, 2.75) is 18.3 Å². The number of aromatic nitrogens is 1. The fourth-order valence-corrected chi connectivity index (χ4v) is 3.23. The highest BCUT2D eigenvalue weighted by molar-refractivity contribution is 7.86. The van der Waals surface area contributed by atoms with Crippen LogP contribution in [0.2, 0.25) is 0 Å². The van der Waals surface area contributed by atoms with Crippen molar-refractivity contribution in [2.75, 3.05) is 0 Å². The lowest BCUT2D eigenvalue weighted by atomic mass is 9.98. The number of phenolic OH excluding ortho intramolecular Hbond substituents is 1. The molecule has 0 saturated carbocycles. The summed E-state index contributed by atoms with van der Waals surface area (Å²) in [6, 6.07) is 26.5. The molecule has 0 bridgehead atoms. The summed E-state index contributed by atoms with van der Waals surface area (Å²) >= 11 is 0. The van der Waals surface area contributed by atoms with Crippen LogP contribution in [-0.4, -0.2) is 28.6 Å². The number of aromatic hydroxyl groups is 1. The van der Waals surface area contributed by atoms with Crippen LogP contribution in [0.4, 0.5) is 13.2 Å². The molecule has 0 atom stereocenters. The summed E-state index contributed by atoms with van der Waals surface area (Å²) in [4.78, 5) is 3.59. The Morgan fingerprint density at radius 2 is 1.31 bits per heavy atom. The zero-order chi connectivity index (χ0) is 23.4. The Bertz CT molecular complexity index is 1280. The van der Waals surface area contributed by atoms with Gasteiger partial charge in [-0.3, -0.25) is 4.55 Å². The maximum absolute atomic E-state index is 10.7. The van der Waals surface area contributed by atoms with Crippen molar-refractivity contribution < 1.29 is 31.2 Å². The lowest BCUT2D eigenvalue weighted by Gasteiger charge is -2.06. The molecule has 9 heteroatoms. The number of fused-ring (bicyclic) bond motifs is 1. The second-order valence-corrected chi connectivity index (χ2v) is 8.47. The Hall–Kier alpha value is -3.30. The van der Waals surface area contributed by atoms with Gasteiger partial charge in [-0.2, -0.15) is 21.6 Å². The monoisotopic (exact) mass is 463 g/mol. The quantitative estimate of drug-likeness (QED) is 0.277. The van der Waals surface area contributed by atoms with Crippen LogP contribution in [-0.2, 0) is 23.0 Å². The summed E-state index contributed by atoms with van der Waals surface area (Å²) in [7, 11) is -5.84. The van der Waals surface area contributed by atoms with E-state index in [0.717, 1.165) is 12.8 Å². The Kier molecular flexibility index (Phi) is 6.90. The second-order valence-electron chi connectivity index (χ2n) is 7.05. The van der Waals surface area contributed by atoms with E-state index in [1.54, 1.807) is 12.1 Å². The van der Waals surface area contributed by atoms with Crippen LogP contribution in [0.3, 0.4) is 0 Å². The van der Waals surface area contributed by atoms with Gasteiger partial charge in [0.1, 0.15) is 5.75 Å². The number of alkyl halides is 3. The Balaban J connectivity index is 0.000000312. The molecule has 168 valence electrons. The molecule has 32 heavy (non-hydrogen) atoms. The van der Waals surface area contributed by atoms with Gasteiger partial charge in [-0.1, -0.05) is 60.7 Å². The minimum absolute atomic E-state index is 0.305. The highest BCUT2D eigenvalue weighted by Gasteiger charge is 2.44. The number of phenols is 1. The van der Waals surface area contributed by atoms with Crippen molar-refractivity contribution in [3.05, 3.63) is 101 Å². The molecule has 0 aliphatic carbocycles.